The molecule has 0 N–H and O–H groups in total. The number of hydrogen-bond donors (Lipinski definition) is 0. The molecule has 0 amide bonds. The SMILES string of the molecule is CC(=O)[O-].CC(=O)[O-].[Rh+3].[Rh+3]. The second-order valence-electron chi connectivity index (χ2n) is 0.983. The van der Waals surface area contributed by atoms with Gasteiger partial charge >= 0.3 is 39.0 Å². The molecule has 0 heterocycles. The van der Waals surface area contributed by atoms with Gasteiger partial charge in [-0.15, -0.1) is 0 Å². The van der Waals surface area contributed by atoms with Gasteiger partial charge < -0.3 is 19.8 Å². The summed E-state index contributed by atoms with van der Waals surface area (Å²) in [6.45, 7) is 1.94. The van der Waals surface area contributed by atoms with Gasteiger partial charge in [0.1, 0.15) is 0 Å². The van der Waals surface area contributed by atoms with Crippen molar-refractivity contribution in [2.24, 2.45) is 0 Å². The molecule has 60 valence electrons. The van der Waals surface area contributed by atoms with E-state index in [2.05, 4.69) is 0 Å². The van der Waals surface area contributed by atoms with Crippen molar-refractivity contribution in [1.82, 2.24) is 0 Å². The van der Waals surface area contributed by atoms with Crippen molar-refractivity contribution >= 4 is 11.9 Å². The normalized spacial score (nSPS) is 5.00. The molecule has 0 aromatic carbocycles. The van der Waals surface area contributed by atoms with Crippen molar-refractivity contribution in [2.75, 3.05) is 0 Å². The fourth-order valence-corrected chi connectivity index (χ4v) is 0. The molecule has 0 saturated heterocycles. The standard InChI is InChI=1S/2C2H4O2.2Rh/c2*1-2(3)4;;/h2*1H3,(H,3,4);;/q;;2*+3/p-2. The summed E-state index contributed by atoms with van der Waals surface area (Å²) in [5.74, 6) is -2.17. The summed E-state index contributed by atoms with van der Waals surface area (Å²) in [4.78, 5) is 17.8. The maximum atomic E-state index is 8.89. The van der Waals surface area contributed by atoms with Crippen LogP contribution in [0.3, 0.4) is 0 Å². The van der Waals surface area contributed by atoms with E-state index in [1.807, 2.05) is 0 Å². The van der Waals surface area contributed by atoms with Gasteiger partial charge in [-0.1, -0.05) is 0 Å². The van der Waals surface area contributed by atoms with Crippen LogP contribution in [-0.4, -0.2) is 11.9 Å². The van der Waals surface area contributed by atoms with Crippen LogP contribution in [0, 0.1) is 0 Å². The van der Waals surface area contributed by atoms with E-state index in [0.717, 1.165) is 13.8 Å². The van der Waals surface area contributed by atoms with Crippen LogP contribution < -0.4 is 10.2 Å². The Labute approximate surface area is 84.5 Å². The first kappa shape index (κ1) is 22.5. The van der Waals surface area contributed by atoms with E-state index in [1.165, 1.54) is 0 Å². The Morgan fingerprint density at radius 2 is 0.900 bits per heavy atom. The van der Waals surface area contributed by atoms with Gasteiger partial charge in [-0.2, -0.15) is 0 Å². The molecule has 0 atom stereocenters. The first-order chi connectivity index (χ1) is 3.46. The number of carbonyl (C=O) groups is 2. The maximum absolute atomic E-state index is 8.89. The average Bonchev–Trinajstić information content (AvgIpc) is 1.25. The average molecular weight is 324 g/mol. The van der Waals surface area contributed by atoms with Gasteiger partial charge in [0.2, 0.25) is 0 Å². The molecule has 0 aliphatic rings. The number of hydrogen-bond acceptors (Lipinski definition) is 4. The zero-order valence-corrected chi connectivity index (χ0v) is 8.58. The van der Waals surface area contributed by atoms with Crippen molar-refractivity contribution in [3.05, 3.63) is 0 Å². The molecule has 6 heteroatoms. The van der Waals surface area contributed by atoms with Crippen LogP contribution >= 0.6 is 0 Å². The molecule has 0 aliphatic heterocycles. The van der Waals surface area contributed by atoms with E-state index < -0.39 is 11.9 Å². The molecule has 0 unspecified atom stereocenters. The summed E-state index contributed by atoms with van der Waals surface area (Å²) < 4.78 is 0. The van der Waals surface area contributed by atoms with Gasteiger partial charge in [0.15, 0.2) is 0 Å². The van der Waals surface area contributed by atoms with E-state index in [-0.39, 0.29) is 39.0 Å². The van der Waals surface area contributed by atoms with E-state index in [0.29, 0.717) is 0 Å². The van der Waals surface area contributed by atoms with Gasteiger partial charge in [0.25, 0.3) is 0 Å². The third-order valence-corrected chi connectivity index (χ3v) is 0. The van der Waals surface area contributed by atoms with Crippen LogP contribution in [0.25, 0.3) is 0 Å². The van der Waals surface area contributed by atoms with Crippen LogP contribution in [0.4, 0.5) is 0 Å². The number of carbonyl (C=O) groups excluding carboxylic acids is 2. The van der Waals surface area contributed by atoms with E-state index in [4.69, 9.17) is 19.8 Å². The van der Waals surface area contributed by atoms with E-state index >= 15 is 0 Å². The number of carboxylic acid groups (broad SMARTS) is 2. The first-order valence-electron chi connectivity index (χ1n) is 1.82. The Kier molecular flexibility index (Phi) is 36.1. The third-order valence-electron chi connectivity index (χ3n) is 0. The van der Waals surface area contributed by atoms with E-state index in [1.54, 1.807) is 0 Å². The van der Waals surface area contributed by atoms with Crippen LogP contribution in [0.1, 0.15) is 13.8 Å². The summed E-state index contributed by atoms with van der Waals surface area (Å²) in [5, 5.41) is 17.8. The molecule has 0 radical (unpaired) electrons. The number of carboxylic acids is 2. The zero-order chi connectivity index (χ0) is 7.15. The molecule has 0 aliphatic carbocycles. The molecule has 4 nitrogen and oxygen atoms in total. The Morgan fingerprint density at radius 1 is 0.900 bits per heavy atom. The second kappa shape index (κ2) is 16.1. The fourth-order valence-electron chi connectivity index (χ4n) is 0. The van der Waals surface area contributed by atoms with Crippen LogP contribution in [0.15, 0.2) is 0 Å². The molecule has 0 bridgehead atoms. The summed E-state index contributed by atoms with van der Waals surface area (Å²) in [7, 11) is 0. The van der Waals surface area contributed by atoms with Gasteiger partial charge in [-0.05, 0) is 13.8 Å². The van der Waals surface area contributed by atoms with Gasteiger partial charge in [-0.3, -0.25) is 0 Å². The fraction of sp³-hybridized carbons (Fsp3) is 0.500. The van der Waals surface area contributed by atoms with Crippen molar-refractivity contribution < 1.29 is 58.8 Å². The summed E-state index contributed by atoms with van der Waals surface area (Å²) in [6, 6.07) is 0. The van der Waals surface area contributed by atoms with Crippen LogP contribution in [-0.2, 0) is 48.5 Å². The number of rotatable bonds is 0. The van der Waals surface area contributed by atoms with Gasteiger partial charge in [-0.25, -0.2) is 0 Å². The molecule has 0 rings (SSSR count). The molecule has 0 fully saturated rings. The Balaban J connectivity index is -0.0000000300. The quantitative estimate of drug-likeness (QED) is 0.462. The maximum Gasteiger partial charge on any atom is 3.00 e. The summed E-state index contributed by atoms with van der Waals surface area (Å²) >= 11 is 0. The topological polar surface area (TPSA) is 80.3 Å². The van der Waals surface area contributed by atoms with Gasteiger partial charge in [0.05, 0.1) is 0 Å². The Hall–Kier alpha value is 0.187. The minimum absolute atomic E-state index is 0. The molecular weight excluding hydrogens is 318 g/mol. The molecular formula is C4H6O4Rh2+4. The zero-order valence-electron chi connectivity index (χ0n) is 5.30. The van der Waals surface area contributed by atoms with Crippen LogP contribution in [0.2, 0.25) is 0 Å². The third kappa shape index (κ3) is 12100. The smallest absolute Gasteiger partial charge is 0.550 e. The van der Waals surface area contributed by atoms with Crippen molar-refractivity contribution in [3.8, 4) is 0 Å². The van der Waals surface area contributed by atoms with Crippen molar-refractivity contribution in [1.29, 1.82) is 0 Å². The van der Waals surface area contributed by atoms with E-state index in [9.17, 15) is 0 Å². The summed E-state index contributed by atoms with van der Waals surface area (Å²) in [5.41, 5.74) is 0. The Morgan fingerprint density at radius 3 is 0.900 bits per heavy atom. The minimum atomic E-state index is -1.08. The molecule has 0 spiro atoms. The van der Waals surface area contributed by atoms with Crippen molar-refractivity contribution in [3.63, 3.8) is 0 Å². The van der Waals surface area contributed by atoms with Gasteiger partial charge in [0, 0.05) is 11.9 Å². The predicted molar refractivity (Wildman–Crippen MR) is 21.4 cm³/mol. The Bertz CT molecular complexity index is 73.3. The minimum Gasteiger partial charge on any atom is -0.550 e. The summed E-state index contributed by atoms with van der Waals surface area (Å²) in [6.07, 6.45) is 0. The van der Waals surface area contributed by atoms with Crippen LogP contribution in [0.5, 0.6) is 0 Å². The van der Waals surface area contributed by atoms with Crippen molar-refractivity contribution in [2.45, 2.75) is 13.8 Å². The largest absolute Gasteiger partial charge is 3.00 e. The molecule has 0 aromatic heterocycles. The molecule has 0 aromatic rings. The predicted octanol–water partition coefficient (Wildman–Crippen LogP) is -2.49. The second-order valence-corrected chi connectivity index (χ2v) is 0.983. The first-order valence-corrected chi connectivity index (χ1v) is 1.82. The number of aliphatic carboxylic acids is 2. The monoisotopic (exact) mass is 324 g/mol. The molecule has 0 saturated carbocycles. The molecule has 10 heavy (non-hydrogen) atoms.